The number of hydrogen-bond acceptors (Lipinski definition) is 2. The van der Waals surface area contributed by atoms with Crippen LogP contribution in [-0.4, -0.2) is 23.8 Å². The average molecular weight is 275 g/mol. The highest BCUT2D eigenvalue weighted by molar-refractivity contribution is 5.20. The molecule has 0 spiro atoms. The third-order valence-electron chi connectivity index (χ3n) is 4.84. The van der Waals surface area contributed by atoms with Crippen molar-refractivity contribution >= 4 is 0 Å². The normalized spacial score (nSPS) is 20.0. The number of aliphatic hydroxyl groups excluding tert-OH is 1. The Bertz CT molecular complexity index is 382. The van der Waals surface area contributed by atoms with Gasteiger partial charge in [-0.1, -0.05) is 63.4 Å². The van der Waals surface area contributed by atoms with Gasteiger partial charge >= 0.3 is 0 Å². The average Bonchev–Trinajstić information content (AvgIpc) is 2.49. The van der Waals surface area contributed by atoms with Crippen molar-refractivity contribution in [2.75, 3.05) is 13.2 Å². The molecule has 0 heterocycles. The lowest BCUT2D eigenvalue weighted by Gasteiger charge is -2.38. The lowest BCUT2D eigenvalue weighted by atomic mass is 9.81. The molecule has 1 atom stereocenters. The van der Waals surface area contributed by atoms with Crippen molar-refractivity contribution in [3.8, 4) is 0 Å². The Morgan fingerprint density at radius 1 is 1.10 bits per heavy atom. The summed E-state index contributed by atoms with van der Waals surface area (Å²) in [4.78, 5) is 0. The first-order valence-electron chi connectivity index (χ1n) is 8.08. The van der Waals surface area contributed by atoms with Gasteiger partial charge in [0.15, 0.2) is 0 Å². The summed E-state index contributed by atoms with van der Waals surface area (Å²) in [7, 11) is 0. The molecule has 1 aromatic rings. The van der Waals surface area contributed by atoms with Crippen molar-refractivity contribution in [1.82, 2.24) is 5.32 Å². The molecule has 1 fully saturated rings. The van der Waals surface area contributed by atoms with Gasteiger partial charge in [0.1, 0.15) is 0 Å². The third-order valence-corrected chi connectivity index (χ3v) is 4.84. The second-order valence-corrected chi connectivity index (χ2v) is 6.64. The Hall–Kier alpha value is -0.860. The molecule has 1 aliphatic carbocycles. The summed E-state index contributed by atoms with van der Waals surface area (Å²) < 4.78 is 0. The van der Waals surface area contributed by atoms with Crippen LogP contribution in [0.5, 0.6) is 0 Å². The van der Waals surface area contributed by atoms with E-state index in [2.05, 4.69) is 49.5 Å². The van der Waals surface area contributed by atoms with E-state index < -0.39 is 0 Å². The van der Waals surface area contributed by atoms with E-state index in [4.69, 9.17) is 0 Å². The molecule has 1 saturated carbocycles. The van der Waals surface area contributed by atoms with E-state index >= 15 is 0 Å². The first-order valence-corrected chi connectivity index (χ1v) is 8.08. The molecular weight excluding hydrogens is 246 g/mol. The molecule has 0 saturated heterocycles. The Morgan fingerprint density at radius 2 is 1.75 bits per heavy atom. The van der Waals surface area contributed by atoms with Crippen LogP contribution in [0.15, 0.2) is 30.3 Å². The van der Waals surface area contributed by atoms with Crippen LogP contribution in [0.2, 0.25) is 0 Å². The van der Waals surface area contributed by atoms with Crippen molar-refractivity contribution in [2.24, 2.45) is 5.92 Å². The minimum Gasteiger partial charge on any atom is -0.394 e. The summed E-state index contributed by atoms with van der Waals surface area (Å²) >= 11 is 0. The predicted molar refractivity (Wildman–Crippen MR) is 84.9 cm³/mol. The topological polar surface area (TPSA) is 32.3 Å². The van der Waals surface area contributed by atoms with E-state index in [1.165, 1.54) is 24.8 Å². The largest absolute Gasteiger partial charge is 0.394 e. The minimum absolute atomic E-state index is 0.0276. The van der Waals surface area contributed by atoms with Gasteiger partial charge in [-0.15, -0.1) is 0 Å². The lowest BCUT2D eigenvalue weighted by molar-refractivity contribution is 0.117. The van der Waals surface area contributed by atoms with Crippen LogP contribution in [-0.2, 0) is 0 Å². The van der Waals surface area contributed by atoms with Crippen LogP contribution in [0.1, 0.15) is 57.4 Å². The summed E-state index contributed by atoms with van der Waals surface area (Å²) in [6.07, 6.45) is 6.03. The molecule has 0 aliphatic heterocycles. The van der Waals surface area contributed by atoms with Gasteiger partial charge in [0.2, 0.25) is 0 Å². The van der Waals surface area contributed by atoms with Gasteiger partial charge < -0.3 is 10.4 Å². The van der Waals surface area contributed by atoms with Gasteiger partial charge in [0.05, 0.1) is 6.61 Å². The molecule has 0 bridgehead atoms. The second-order valence-electron chi connectivity index (χ2n) is 6.64. The fourth-order valence-electron chi connectivity index (χ4n) is 3.38. The van der Waals surface area contributed by atoms with Gasteiger partial charge in [0, 0.05) is 12.1 Å². The number of hydrogen-bond donors (Lipinski definition) is 2. The predicted octanol–water partition coefficient (Wildman–Crippen LogP) is 3.71. The van der Waals surface area contributed by atoms with Crippen LogP contribution in [0.25, 0.3) is 0 Å². The molecule has 2 N–H and O–H groups in total. The molecular formula is C18H29NO. The fourth-order valence-corrected chi connectivity index (χ4v) is 3.38. The van der Waals surface area contributed by atoms with Crippen LogP contribution < -0.4 is 5.32 Å². The van der Waals surface area contributed by atoms with Crippen molar-refractivity contribution in [2.45, 2.75) is 57.4 Å². The SMILES string of the molecule is CC(C)C(CNC1(CO)CCCCC1)c1ccccc1. The Balaban J connectivity index is 2.02. The molecule has 112 valence electrons. The van der Waals surface area contributed by atoms with Gasteiger partial charge in [0.25, 0.3) is 0 Å². The van der Waals surface area contributed by atoms with Gasteiger partial charge in [-0.3, -0.25) is 0 Å². The van der Waals surface area contributed by atoms with E-state index in [0.717, 1.165) is 19.4 Å². The smallest absolute Gasteiger partial charge is 0.0613 e. The molecule has 2 nitrogen and oxygen atoms in total. The number of nitrogens with one attached hydrogen (secondary N) is 1. The highest BCUT2D eigenvalue weighted by atomic mass is 16.3. The molecule has 0 radical (unpaired) electrons. The van der Waals surface area contributed by atoms with Crippen molar-refractivity contribution < 1.29 is 5.11 Å². The van der Waals surface area contributed by atoms with Crippen LogP contribution >= 0.6 is 0 Å². The maximum Gasteiger partial charge on any atom is 0.0613 e. The van der Waals surface area contributed by atoms with Gasteiger partial charge in [-0.05, 0) is 30.2 Å². The molecule has 2 heteroatoms. The monoisotopic (exact) mass is 275 g/mol. The molecule has 20 heavy (non-hydrogen) atoms. The molecule has 0 aromatic heterocycles. The summed E-state index contributed by atoms with van der Waals surface area (Å²) in [6, 6.07) is 10.8. The number of rotatable bonds is 6. The Kier molecular flexibility index (Phi) is 5.62. The van der Waals surface area contributed by atoms with Gasteiger partial charge in [-0.25, -0.2) is 0 Å². The van der Waals surface area contributed by atoms with Gasteiger partial charge in [-0.2, -0.15) is 0 Å². The van der Waals surface area contributed by atoms with Crippen molar-refractivity contribution in [3.05, 3.63) is 35.9 Å². The molecule has 2 rings (SSSR count). The zero-order valence-corrected chi connectivity index (χ0v) is 12.9. The van der Waals surface area contributed by atoms with E-state index in [9.17, 15) is 5.11 Å². The molecule has 0 amide bonds. The van der Waals surface area contributed by atoms with E-state index in [1.54, 1.807) is 0 Å². The first-order chi connectivity index (χ1) is 9.67. The van der Waals surface area contributed by atoms with E-state index in [1.807, 2.05) is 0 Å². The Morgan fingerprint density at radius 3 is 2.30 bits per heavy atom. The summed E-state index contributed by atoms with van der Waals surface area (Å²) in [6.45, 7) is 5.80. The summed E-state index contributed by atoms with van der Waals surface area (Å²) in [5, 5.41) is 13.5. The van der Waals surface area contributed by atoms with Crippen LogP contribution in [0.3, 0.4) is 0 Å². The van der Waals surface area contributed by atoms with Crippen LogP contribution in [0.4, 0.5) is 0 Å². The van der Waals surface area contributed by atoms with Crippen LogP contribution in [0, 0.1) is 5.92 Å². The molecule has 1 aromatic carbocycles. The number of benzene rings is 1. The second kappa shape index (κ2) is 7.24. The zero-order valence-electron chi connectivity index (χ0n) is 12.9. The lowest BCUT2D eigenvalue weighted by Crippen LogP contribution is -2.51. The summed E-state index contributed by atoms with van der Waals surface area (Å²) in [5.74, 6) is 1.12. The highest BCUT2D eigenvalue weighted by Gasteiger charge is 2.31. The fraction of sp³-hybridized carbons (Fsp3) is 0.667. The van der Waals surface area contributed by atoms with E-state index in [-0.39, 0.29) is 12.1 Å². The zero-order chi connectivity index (χ0) is 14.4. The maximum atomic E-state index is 9.80. The maximum absolute atomic E-state index is 9.80. The summed E-state index contributed by atoms with van der Waals surface area (Å²) in [5.41, 5.74) is 1.37. The highest BCUT2D eigenvalue weighted by Crippen LogP contribution is 2.30. The third kappa shape index (κ3) is 3.83. The standard InChI is InChI=1S/C18H29NO/c1-15(2)17(16-9-5-3-6-10-16)13-19-18(14-20)11-7-4-8-12-18/h3,5-6,9-10,15,17,19-20H,4,7-8,11-14H2,1-2H3. The van der Waals surface area contributed by atoms with E-state index in [0.29, 0.717) is 11.8 Å². The number of aliphatic hydroxyl groups is 1. The molecule has 1 unspecified atom stereocenters. The quantitative estimate of drug-likeness (QED) is 0.829. The molecule has 1 aliphatic rings. The first kappa shape index (κ1) is 15.5. The minimum atomic E-state index is -0.0276. The van der Waals surface area contributed by atoms with Crippen molar-refractivity contribution in [1.29, 1.82) is 0 Å². The Labute approximate surface area is 123 Å². The van der Waals surface area contributed by atoms with Crippen molar-refractivity contribution in [3.63, 3.8) is 0 Å².